The van der Waals surface area contributed by atoms with E-state index in [2.05, 4.69) is 33.8 Å². The standard InChI is InChI=1S/C64H108N4O48S7.8Na/c1-9-12-19-25-99-41-33(27-102-118(76,77)78)105-55(40(44(41)100-26-20-13-10-2)67-38(70)23-15-14-18-24-65-37(69)22-17-16-21-36-39-32(30-117-36)66-62(75)68-39)110-53-47(95-5)49(97-7)58(112-63(53,11-3)60(71)72)109-43-35(29-104-120(82,83)84)107-57(52(116-123(91,92)93)46(43)114-121(85,86)87)111-54-48(96-6)50-59(113-64(54,31-101-50)61(73)74)108-42-34(28-103-119(79,80)81)106-56(98-8)51(45(42)94-4)115-122(88,89)90;;;;;;;;/h32-36,39-59H,9-31H2,1-8H3,(H,65,69)(H,67,70)(H,71,72)(H,73,74)(H2,66,68,75)(H,76,77,78)(H,79,80,81)(H,82,83,84)(H,85,86,87)(H,88,89,90)(H,91,92,93);;;;;;;;/q;8*+1/p-8/t32?,33-,34-,35-,36?,39?,40-,41-,42-,43-,44-,45+,46+,47-,48-,49-,50-,51-,52-,53+,54-,55+,56+,57-,58-,59?,63+,64+;;;;;;;;/m1......../s1. The van der Waals surface area contributed by atoms with Crippen LogP contribution in [0.5, 0.6) is 0 Å². The van der Waals surface area contributed by atoms with Crippen molar-refractivity contribution in [3.63, 3.8) is 0 Å². The van der Waals surface area contributed by atoms with Gasteiger partial charge in [0, 0.05) is 79.2 Å². The Hall–Kier alpha value is 4.04. The number of carbonyl (C=O) groups excluding carboxylic acids is 5. The molecule has 9 heterocycles. The topological polar surface area (TPSA) is 735 Å². The fraction of sp³-hybridized carbons (Fsp3) is 0.922. The molecule has 0 aromatic carbocycles. The minimum atomic E-state index is -6.54. The maximum Gasteiger partial charge on any atom is 1.00 e. The molecule has 9 aliphatic heterocycles. The van der Waals surface area contributed by atoms with E-state index in [4.69, 9.17) is 93.1 Å². The molecule has 9 aliphatic rings. The van der Waals surface area contributed by atoms with E-state index in [1.54, 1.807) is 11.8 Å². The molecular weight excluding hydrogens is 2000 g/mol. The van der Waals surface area contributed by atoms with Gasteiger partial charge in [-0.05, 0) is 44.9 Å². The predicted molar refractivity (Wildman–Crippen MR) is 387 cm³/mol. The van der Waals surface area contributed by atoms with Crippen LogP contribution >= 0.6 is 11.8 Å². The number of methoxy groups -OCH3 is 5. The van der Waals surface area contributed by atoms with Crippen molar-refractivity contribution in [1.82, 2.24) is 21.3 Å². The molecular formula is C64H100N4Na8O48S7. The van der Waals surface area contributed by atoms with Crippen LogP contribution < -0.4 is 268 Å². The molecule has 4 amide bonds. The smallest absolute Gasteiger partial charge is 0.726 e. The fourth-order valence-electron chi connectivity index (χ4n) is 15.5. The van der Waals surface area contributed by atoms with Crippen molar-refractivity contribution in [2.75, 3.05) is 87.5 Å². The summed E-state index contributed by atoms with van der Waals surface area (Å²) >= 11 is 1.75. The van der Waals surface area contributed by atoms with Gasteiger partial charge in [0.1, 0.15) is 103 Å². The van der Waals surface area contributed by atoms with Crippen molar-refractivity contribution >= 4 is 104 Å². The average Bonchev–Trinajstić information content (AvgIpc) is 1.71. The number of ether oxygens (including phenoxy) is 17. The molecule has 131 heavy (non-hydrogen) atoms. The quantitative estimate of drug-likeness (QED) is 0.0144. The average molecular weight is 2100 g/mol. The second-order valence-electron chi connectivity index (χ2n) is 29.1. The normalized spacial score (nSPS) is 33.5. The number of rotatable bonds is 53. The van der Waals surface area contributed by atoms with E-state index in [1.165, 1.54) is 0 Å². The molecule has 0 aromatic rings. The summed E-state index contributed by atoms with van der Waals surface area (Å²) in [5.41, 5.74) is -6.60. The zero-order valence-electron chi connectivity index (χ0n) is 75.2. The summed E-state index contributed by atoms with van der Waals surface area (Å²) < 4.78 is 353. The van der Waals surface area contributed by atoms with E-state index in [-0.39, 0.29) is 305 Å². The Morgan fingerprint density at radius 3 is 1.43 bits per heavy atom. The van der Waals surface area contributed by atoms with Crippen molar-refractivity contribution in [2.24, 2.45) is 0 Å². The molecule has 52 nitrogen and oxygen atoms in total. The Labute approximate surface area is 940 Å². The van der Waals surface area contributed by atoms with E-state index >= 15 is 0 Å². The second-order valence-corrected chi connectivity index (χ2v) is 36.6. The van der Waals surface area contributed by atoms with E-state index in [0.717, 1.165) is 61.1 Å². The number of urea groups is 1. The number of carboxylic acids is 2. The first-order chi connectivity index (χ1) is 57.7. The monoisotopic (exact) mass is 2100 g/mol. The number of hydrogen-bond donors (Lipinski definition) is 4. The van der Waals surface area contributed by atoms with Crippen molar-refractivity contribution in [2.45, 2.75) is 287 Å². The van der Waals surface area contributed by atoms with Crippen molar-refractivity contribution < 1.29 is 454 Å². The first-order valence-electron chi connectivity index (χ1n) is 38.5. The summed E-state index contributed by atoms with van der Waals surface area (Å²) in [6.45, 7) is -0.910. The minimum Gasteiger partial charge on any atom is -0.726 e. The molecule has 67 heteroatoms. The van der Waals surface area contributed by atoms with Crippen LogP contribution in [0.3, 0.4) is 0 Å². The van der Waals surface area contributed by atoms with Crippen LogP contribution in [-0.4, -0.2) is 365 Å². The molecule has 0 radical (unpaired) electrons. The molecule has 0 aromatic heterocycles. The van der Waals surface area contributed by atoms with Gasteiger partial charge in [0.25, 0.3) is 0 Å². The van der Waals surface area contributed by atoms with Gasteiger partial charge in [-0.25, -0.2) is 55.3 Å². The molecule has 0 spiro atoms. The van der Waals surface area contributed by atoms with Crippen LogP contribution in [-0.2, 0) is 187 Å². The van der Waals surface area contributed by atoms with Gasteiger partial charge in [0.2, 0.25) is 74.2 Å². The largest absolute Gasteiger partial charge is 1.00 e. The van der Waals surface area contributed by atoms with E-state index in [9.17, 15) is 112 Å². The molecule has 2 bridgehead atoms. The maximum absolute atomic E-state index is 14.5. The third-order valence-electron chi connectivity index (χ3n) is 21.1. The van der Waals surface area contributed by atoms with Crippen LogP contribution in [0.25, 0.3) is 0 Å². The number of amides is 4. The summed E-state index contributed by atoms with van der Waals surface area (Å²) in [5.74, 6) is -4.95. The van der Waals surface area contributed by atoms with E-state index < -0.39 is 266 Å². The van der Waals surface area contributed by atoms with Crippen molar-refractivity contribution in [3.05, 3.63) is 0 Å². The summed E-state index contributed by atoms with van der Waals surface area (Å²) in [6.07, 6.45) is -46.4. The summed E-state index contributed by atoms with van der Waals surface area (Å²) in [5, 5.41) is 39.8. The summed E-state index contributed by atoms with van der Waals surface area (Å²) in [4.78, 5) is 67.3. The number of fused-ring (bicyclic) bond motifs is 4. The van der Waals surface area contributed by atoms with Crippen molar-refractivity contribution in [3.8, 4) is 0 Å². The number of unbranched alkanes of at least 4 members (excludes halogenated alkanes) is 7. The molecule has 9 rings (SSSR count). The Balaban J connectivity index is 0.0000211. The molecule has 714 valence electrons. The van der Waals surface area contributed by atoms with Gasteiger partial charge in [-0.1, -0.05) is 59.3 Å². The maximum atomic E-state index is 14.5. The SMILES string of the molecule is CCCCCO[C@@H]1[C@@H](NC(=O)CCCCCNC(=O)CCCCC2SCC3NC(=O)NC32)[C@H](O[C@H]2[C@H](OC)[C@@H](OC)[C@H](O[C@H]3[C@H](OS(=O)(=O)[O-])[C@@H](OS(=O)(=O)[O-])[C@@H](O[C@@H]4[C@H](OC)[C@H]5OC[C@]4(C(=O)[O-])OC5O[C@H]4[C@H](OC)[C@@H](OS(=O)(=O)[O-])[C@@H](OC)O[C@@H]4COS(=O)(=O)[O-])O[C@@H]3COS(=O)(=O)[O-])O[C@]2(CC)C(=O)[O-])O[C@H](COS(=O)(=O)[O-])[C@H]1OCCCCC.[Na+].[Na+].[Na+].[Na+].[Na+].[Na+].[Na+].[Na+]. The first kappa shape index (κ1) is 135. The van der Waals surface area contributed by atoms with Crippen LogP contribution in [0, 0.1) is 0 Å². The Bertz CT molecular complexity index is 4230. The van der Waals surface area contributed by atoms with Crippen LogP contribution in [0.15, 0.2) is 0 Å². The Kier molecular flexibility index (Phi) is 63.6. The third-order valence-corrected chi connectivity index (χ3v) is 25.3. The zero-order chi connectivity index (χ0) is 91.0. The number of nitrogens with one attached hydrogen (secondary N) is 4. The fourth-order valence-corrected chi connectivity index (χ4v) is 19.4. The molecule has 9 saturated heterocycles. The number of hydrogen-bond acceptors (Lipinski definition) is 49. The van der Waals surface area contributed by atoms with Crippen LogP contribution in [0.4, 0.5) is 4.79 Å². The molecule has 0 saturated carbocycles. The third kappa shape index (κ3) is 39.6. The van der Waals surface area contributed by atoms with Gasteiger partial charge in [-0.2, -0.15) is 11.8 Å². The van der Waals surface area contributed by atoms with Crippen LogP contribution in [0.1, 0.15) is 117 Å². The van der Waals surface area contributed by atoms with Crippen LogP contribution in [0.2, 0.25) is 0 Å². The second kappa shape index (κ2) is 61.7. The molecule has 0 aliphatic carbocycles. The number of carboxylic acid groups (broad SMARTS) is 2. The van der Waals surface area contributed by atoms with E-state index in [0.29, 0.717) is 57.8 Å². The Morgan fingerprint density at radius 2 is 0.931 bits per heavy atom. The molecule has 4 N–H and O–H groups in total. The summed E-state index contributed by atoms with van der Waals surface area (Å²) in [6, 6.07) is -1.84. The van der Waals surface area contributed by atoms with Gasteiger partial charge in [-0.3, -0.25) is 34.7 Å². The van der Waals surface area contributed by atoms with Crippen molar-refractivity contribution in [1.29, 1.82) is 0 Å². The molecule has 4 unspecified atom stereocenters. The van der Waals surface area contributed by atoms with E-state index in [1.807, 2.05) is 13.8 Å². The minimum absolute atomic E-state index is 0. The van der Waals surface area contributed by atoms with Gasteiger partial charge < -0.3 is 149 Å². The number of carbonyl (C=O) groups is 5. The Morgan fingerprint density at radius 1 is 0.458 bits per heavy atom. The first-order valence-corrected chi connectivity index (χ1v) is 47.6. The summed E-state index contributed by atoms with van der Waals surface area (Å²) in [7, 11) is -32.0. The number of thioether (sulfide) groups is 1. The molecule has 9 fully saturated rings. The predicted octanol–water partition coefficient (Wildman–Crippen LogP) is -31.1. The van der Waals surface area contributed by atoms with Gasteiger partial charge in [0.15, 0.2) is 49.3 Å². The van der Waals surface area contributed by atoms with Gasteiger partial charge in [-0.15, -0.1) is 0 Å². The number of aliphatic carboxylic acids is 2. The zero-order valence-corrected chi connectivity index (χ0v) is 96.9. The van der Waals surface area contributed by atoms with Gasteiger partial charge in [0.05, 0.1) is 50.4 Å². The van der Waals surface area contributed by atoms with Gasteiger partial charge >= 0.3 is 242 Å². The molecule has 28 atom stereocenters.